The van der Waals surface area contributed by atoms with E-state index in [0.717, 1.165) is 31.9 Å². The van der Waals surface area contributed by atoms with Crippen molar-refractivity contribution in [3.8, 4) is 5.88 Å². The molecule has 0 bridgehead atoms. The molecular weight excluding hydrogens is 316 g/mol. The second kappa shape index (κ2) is 6.91. The van der Waals surface area contributed by atoms with Gasteiger partial charge in [0.25, 0.3) is 0 Å². The van der Waals surface area contributed by atoms with Crippen molar-refractivity contribution in [1.82, 2.24) is 4.98 Å². The molecule has 8 heteroatoms. The predicted molar refractivity (Wildman–Crippen MR) is 78.9 cm³/mol. The van der Waals surface area contributed by atoms with E-state index in [1.165, 1.54) is 6.07 Å². The molecule has 1 aromatic heterocycles. The number of nitrogens with zero attached hydrogens (tertiary/aromatic N) is 1. The third kappa shape index (κ3) is 4.54. The van der Waals surface area contributed by atoms with Crippen molar-refractivity contribution in [2.45, 2.75) is 36.7 Å². The largest absolute Gasteiger partial charge is 0.476 e. The van der Waals surface area contributed by atoms with Crippen molar-refractivity contribution in [2.24, 2.45) is 11.1 Å². The molecule has 2 N–H and O–H groups in total. The Labute approximate surface area is 129 Å². The maximum atomic E-state index is 11.2. The van der Waals surface area contributed by atoms with E-state index in [9.17, 15) is 8.42 Å². The van der Waals surface area contributed by atoms with Crippen molar-refractivity contribution in [1.29, 1.82) is 0 Å². The second-order valence-corrected chi connectivity index (χ2v) is 7.16. The number of halogens is 1. The number of nitrogens with two attached hydrogens (primary N) is 1. The lowest BCUT2D eigenvalue weighted by molar-refractivity contribution is 0.0478. The molecule has 2 rings (SSSR count). The normalized spacial score (nSPS) is 23.0. The SMILES string of the molecule is CO[C@H]1CC[C@H](COc2ncc(S(N)(=O)=O)cc2Cl)CC1. The van der Waals surface area contributed by atoms with E-state index in [-0.39, 0.29) is 15.8 Å². The lowest BCUT2D eigenvalue weighted by Crippen LogP contribution is -2.24. The van der Waals surface area contributed by atoms with E-state index in [1.54, 1.807) is 7.11 Å². The van der Waals surface area contributed by atoms with Gasteiger partial charge in [0.1, 0.15) is 9.92 Å². The average Bonchev–Trinajstić information content (AvgIpc) is 2.45. The first-order valence-corrected chi connectivity index (χ1v) is 8.66. The fraction of sp³-hybridized carbons (Fsp3) is 0.615. The number of pyridine rings is 1. The first kappa shape index (κ1) is 16.5. The molecule has 1 aliphatic rings. The standard InChI is InChI=1S/C13H19ClN2O4S/c1-19-10-4-2-9(3-5-10)8-20-13-12(14)6-11(7-16-13)21(15,17)18/h6-7,9-10H,2-5,8H2,1H3,(H2,15,17,18)/t9-,10-. The van der Waals surface area contributed by atoms with Crippen LogP contribution in [0.1, 0.15) is 25.7 Å². The topological polar surface area (TPSA) is 91.5 Å². The van der Waals surface area contributed by atoms with Crippen LogP contribution in [0.2, 0.25) is 5.02 Å². The van der Waals surface area contributed by atoms with Crippen LogP contribution in [0.4, 0.5) is 0 Å². The summed E-state index contributed by atoms with van der Waals surface area (Å²) < 4.78 is 33.3. The van der Waals surface area contributed by atoms with Gasteiger partial charge < -0.3 is 9.47 Å². The molecule has 0 atom stereocenters. The van der Waals surface area contributed by atoms with Crippen molar-refractivity contribution in [3.63, 3.8) is 0 Å². The van der Waals surface area contributed by atoms with Crippen LogP contribution < -0.4 is 9.88 Å². The molecule has 0 spiro atoms. The van der Waals surface area contributed by atoms with Gasteiger partial charge in [0.05, 0.1) is 18.9 Å². The molecule has 0 aromatic carbocycles. The Hall–Kier alpha value is -0.890. The minimum atomic E-state index is -3.80. The van der Waals surface area contributed by atoms with Gasteiger partial charge in [-0.05, 0) is 37.7 Å². The zero-order chi connectivity index (χ0) is 15.5. The summed E-state index contributed by atoms with van der Waals surface area (Å²) in [5.41, 5.74) is 0. The summed E-state index contributed by atoms with van der Waals surface area (Å²) in [6, 6.07) is 1.25. The van der Waals surface area contributed by atoms with Crippen molar-refractivity contribution >= 4 is 21.6 Å². The van der Waals surface area contributed by atoms with E-state index >= 15 is 0 Å². The molecule has 1 aromatic rings. The Kier molecular flexibility index (Phi) is 5.43. The zero-order valence-electron chi connectivity index (χ0n) is 11.8. The first-order chi connectivity index (χ1) is 9.90. The Morgan fingerprint density at radius 3 is 2.57 bits per heavy atom. The van der Waals surface area contributed by atoms with E-state index in [4.69, 9.17) is 26.2 Å². The number of hydrogen-bond acceptors (Lipinski definition) is 5. The van der Waals surface area contributed by atoms with Crippen molar-refractivity contribution < 1.29 is 17.9 Å². The Morgan fingerprint density at radius 2 is 2.05 bits per heavy atom. The average molecular weight is 335 g/mol. The highest BCUT2D eigenvalue weighted by Crippen LogP contribution is 2.28. The van der Waals surface area contributed by atoms with Crippen molar-refractivity contribution in [2.75, 3.05) is 13.7 Å². The fourth-order valence-corrected chi connectivity index (χ4v) is 3.17. The molecule has 0 amide bonds. The summed E-state index contributed by atoms with van der Waals surface area (Å²) >= 11 is 5.97. The summed E-state index contributed by atoms with van der Waals surface area (Å²) in [6.07, 6.45) is 5.61. The predicted octanol–water partition coefficient (Wildman–Crippen LogP) is 1.97. The summed E-state index contributed by atoms with van der Waals surface area (Å²) in [5, 5.41) is 5.16. The molecule has 1 aliphatic carbocycles. The fourth-order valence-electron chi connectivity index (χ4n) is 2.40. The molecule has 6 nitrogen and oxygen atoms in total. The van der Waals surface area contributed by atoms with E-state index < -0.39 is 10.0 Å². The number of ether oxygens (including phenoxy) is 2. The molecule has 21 heavy (non-hydrogen) atoms. The maximum absolute atomic E-state index is 11.2. The van der Waals surface area contributed by atoms with Crippen LogP contribution in [0.25, 0.3) is 0 Å². The Bertz CT molecular complexity index is 586. The summed E-state index contributed by atoms with van der Waals surface area (Å²) in [6.45, 7) is 0.512. The number of sulfonamides is 1. The Balaban J connectivity index is 1.92. The van der Waals surface area contributed by atoms with Crippen LogP contribution in [-0.2, 0) is 14.8 Å². The van der Waals surface area contributed by atoms with Crippen LogP contribution in [-0.4, -0.2) is 33.2 Å². The third-order valence-corrected chi connectivity index (χ3v) is 4.84. The molecular formula is C13H19ClN2O4S. The minimum Gasteiger partial charge on any atom is -0.476 e. The van der Waals surface area contributed by atoms with E-state index in [1.807, 2.05) is 0 Å². The summed E-state index contributed by atoms with van der Waals surface area (Å²) in [4.78, 5) is 3.80. The summed E-state index contributed by atoms with van der Waals surface area (Å²) in [5.74, 6) is 0.671. The van der Waals surface area contributed by atoms with Gasteiger partial charge in [-0.25, -0.2) is 18.5 Å². The maximum Gasteiger partial charge on any atom is 0.239 e. The van der Waals surface area contributed by atoms with Gasteiger partial charge in [0.15, 0.2) is 0 Å². The molecule has 0 unspecified atom stereocenters. The zero-order valence-corrected chi connectivity index (χ0v) is 13.4. The van der Waals surface area contributed by atoms with Gasteiger partial charge in [-0.1, -0.05) is 11.6 Å². The van der Waals surface area contributed by atoms with Gasteiger partial charge in [0, 0.05) is 7.11 Å². The van der Waals surface area contributed by atoms with Gasteiger partial charge in [-0.2, -0.15) is 0 Å². The second-order valence-electron chi connectivity index (χ2n) is 5.19. The van der Waals surface area contributed by atoms with Crippen LogP contribution >= 0.6 is 11.6 Å². The van der Waals surface area contributed by atoms with Crippen LogP contribution in [0.3, 0.4) is 0 Å². The highest BCUT2D eigenvalue weighted by Gasteiger charge is 2.22. The molecule has 0 saturated heterocycles. The monoisotopic (exact) mass is 334 g/mol. The number of aromatic nitrogens is 1. The number of methoxy groups -OCH3 is 1. The van der Waals surface area contributed by atoms with Gasteiger partial charge in [0.2, 0.25) is 15.9 Å². The molecule has 1 saturated carbocycles. The molecule has 0 radical (unpaired) electrons. The molecule has 1 heterocycles. The number of rotatable bonds is 5. The third-order valence-electron chi connectivity index (χ3n) is 3.69. The van der Waals surface area contributed by atoms with Crippen LogP contribution in [0, 0.1) is 5.92 Å². The van der Waals surface area contributed by atoms with E-state index in [0.29, 0.717) is 18.6 Å². The van der Waals surface area contributed by atoms with Gasteiger partial charge in [-0.3, -0.25) is 0 Å². The highest BCUT2D eigenvalue weighted by atomic mass is 35.5. The van der Waals surface area contributed by atoms with E-state index in [2.05, 4.69) is 4.98 Å². The highest BCUT2D eigenvalue weighted by molar-refractivity contribution is 7.89. The molecule has 118 valence electrons. The number of primary sulfonamides is 1. The smallest absolute Gasteiger partial charge is 0.239 e. The lowest BCUT2D eigenvalue weighted by atomic mass is 9.88. The Morgan fingerprint density at radius 1 is 1.38 bits per heavy atom. The van der Waals surface area contributed by atoms with Crippen molar-refractivity contribution in [3.05, 3.63) is 17.3 Å². The minimum absolute atomic E-state index is 0.125. The molecule has 0 aliphatic heterocycles. The lowest BCUT2D eigenvalue weighted by Gasteiger charge is -2.27. The van der Waals surface area contributed by atoms with Crippen LogP contribution in [0.5, 0.6) is 5.88 Å². The quantitative estimate of drug-likeness (QED) is 0.888. The molecule has 1 fully saturated rings. The van der Waals surface area contributed by atoms with Gasteiger partial charge >= 0.3 is 0 Å². The first-order valence-electron chi connectivity index (χ1n) is 6.74. The van der Waals surface area contributed by atoms with Crippen LogP contribution in [0.15, 0.2) is 17.2 Å². The van der Waals surface area contributed by atoms with Gasteiger partial charge in [-0.15, -0.1) is 0 Å². The number of hydrogen-bond donors (Lipinski definition) is 1. The summed E-state index contributed by atoms with van der Waals surface area (Å²) in [7, 11) is -2.07.